The zero-order valence-electron chi connectivity index (χ0n) is 19.7. The molecule has 2 aliphatic carbocycles. The normalized spacial score (nSPS) is 25.9. The lowest BCUT2D eigenvalue weighted by Gasteiger charge is -2.39. The lowest BCUT2D eigenvalue weighted by Crippen LogP contribution is -2.47. The zero-order valence-corrected chi connectivity index (χ0v) is 20.6. The first-order chi connectivity index (χ1) is 15.8. The molecule has 0 atom stereocenters. The van der Waals surface area contributed by atoms with Crippen LogP contribution in [0.4, 0.5) is 18.9 Å². The molecule has 1 amide bonds. The van der Waals surface area contributed by atoms with Crippen LogP contribution >= 0.6 is 11.3 Å². The van der Waals surface area contributed by atoms with Gasteiger partial charge in [-0.1, -0.05) is 11.8 Å². The number of rotatable bonds is 4. The molecule has 2 saturated carbocycles. The molecule has 1 aromatic heterocycles. The fourth-order valence-corrected chi connectivity index (χ4v) is 5.54. The molecule has 34 heavy (non-hydrogen) atoms. The van der Waals surface area contributed by atoms with Crippen LogP contribution in [-0.4, -0.2) is 40.4 Å². The van der Waals surface area contributed by atoms with E-state index in [1.165, 1.54) is 4.90 Å². The van der Waals surface area contributed by atoms with Crippen LogP contribution in [0.1, 0.15) is 86.7 Å². The SMILES string of the molecule is CC(C)(C)C#Cc1cc(N(C(=O)[C@H]2CC[C@H](C(F)(F)F)CC2)[C@H]2CC[C@H](O)CC2)c(C(=O)O)s1. The Balaban J connectivity index is 1.95. The van der Waals surface area contributed by atoms with Crippen molar-refractivity contribution in [2.75, 3.05) is 4.90 Å². The van der Waals surface area contributed by atoms with Gasteiger partial charge in [-0.2, -0.15) is 13.2 Å². The number of alkyl halides is 3. The highest BCUT2D eigenvalue weighted by Crippen LogP contribution is 2.42. The number of hydrogen-bond acceptors (Lipinski definition) is 4. The maximum absolute atomic E-state index is 13.7. The molecule has 0 aliphatic heterocycles. The molecule has 9 heteroatoms. The van der Waals surface area contributed by atoms with Gasteiger partial charge in [0.25, 0.3) is 0 Å². The molecule has 0 radical (unpaired) electrons. The molecular weight excluding hydrogens is 467 g/mol. The van der Waals surface area contributed by atoms with Crippen LogP contribution in [0, 0.1) is 29.1 Å². The predicted octanol–water partition coefficient (Wildman–Crippen LogP) is 5.85. The summed E-state index contributed by atoms with van der Waals surface area (Å²) in [4.78, 5) is 27.8. The minimum Gasteiger partial charge on any atom is -0.477 e. The van der Waals surface area contributed by atoms with Gasteiger partial charge in [0.15, 0.2) is 0 Å². The number of amides is 1. The predicted molar refractivity (Wildman–Crippen MR) is 125 cm³/mol. The van der Waals surface area contributed by atoms with Gasteiger partial charge in [-0.3, -0.25) is 4.79 Å². The first-order valence-corrected chi connectivity index (χ1v) is 12.6. The summed E-state index contributed by atoms with van der Waals surface area (Å²) in [6.07, 6.45) is -2.72. The maximum atomic E-state index is 13.7. The van der Waals surface area contributed by atoms with Gasteiger partial charge >= 0.3 is 12.1 Å². The fraction of sp³-hybridized carbons (Fsp3) is 0.680. The van der Waals surface area contributed by atoms with Crippen LogP contribution in [0.3, 0.4) is 0 Å². The van der Waals surface area contributed by atoms with Gasteiger partial charge in [0.2, 0.25) is 5.91 Å². The number of aliphatic hydroxyl groups excluding tert-OH is 1. The third-order valence-corrected chi connectivity index (χ3v) is 7.56. The van der Waals surface area contributed by atoms with Crippen LogP contribution in [0.5, 0.6) is 0 Å². The summed E-state index contributed by atoms with van der Waals surface area (Å²) >= 11 is 1.00. The Bertz CT molecular complexity index is 954. The van der Waals surface area contributed by atoms with Crippen LogP contribution in [-0.2, 0) is 4.79 Å². The number of halogens is 3. The van der Waals surface area contributed by atoms with E-state index < -0.39 is 30.1 Å². The molecule has 0 unspecified atom stereocenters. The van der Waals surface area contributed by atoms with Crippen LogP contribution in [0.2, 0.25) is 0 Å². The van der Waals surface area contributed by atoms with E-state index in [1.807, 2.05) is 20.8 Å². The monoisotopic (exact) mass is 499 g/mol. The average molecular weight is 500 g/mol. The van der Waals surface area contributed by atoms with Gasteiger partial charge in [-0.15, -0.1) is 11.3 Å². The van der Waals surface area contributed by atoms with Crippen molar-refractivity contribution < 1.29 is 33.0 Å². The highest BCUT2D eigenvalue weighted by Gasteiger charge is 2.44. The minimum absolute atomic E-state index is 0.00154. The van der Waals surface area contributed by atoms with Gasteiger partial charge in [0, 0.05) is 17.4 Å². The Morgan fingerprint density at radius 3 is 2.12 bits per heavy atom. The van der Waals surface area contributed by atoms with Gasteiger partial charge in [-0.05, 0) is 78.2 Å². The summed E-state index contributed by atoms with van der Waals surface area (Å²) in [5.41, 5.74) is -0.0281. The molecule has 2 N–H and O–H groups in total. The van der Waals surface area contributed by atoms with Gasteiger partial charge in [-0.25, -0.2) is 4.79 Å². The Morgan fingerprint density at radius 1 is 1.03 bits per heavy atom. The highest BCUT2D eigenvalue weighted by atomic mass is 32.1. The first-order valence-electron chi connectivity index (χ1n) is 11.7. The minimum atomic E-state index is -4.27. The Morgan fingerprint density at radius 2 is 1.62 bits per heavy atom. The molecule has 1 heterocycles. The standard InChI is InChI=1S/C25H32F3NO4S/c1-24(2,3)13-12-19-14-20(21(34-19)23(32)33)29(17-8-10-18(30)11-9-17)22(31)15-4-6-16(7-5-15)25(26,27)28/h14-18,30H,4-11H2,1-3H3,(H,32,33)/t15-,16-,17-,18-. The summed E-state index contributed by atoms with van der Waals surface area (Å²) in [6.45, 7) is 5.81. The lowest BCUT2D eigenvalue weighted by atomic mass is 9.80. The second kappa shape index (κ2) is 10.3. The summed E-state index contributed by atoms with van der Waals surface area (Å²) < 4.78 is 39.4. The summed E-state index contributed by atoms with van der Waals surface area (Å²) in [5, 5.41) is 19.8. The van der Waals surface area contributed by atoms with E-state index in [0.717, 1.165) is 11.3 Å². The van der Waals surface area contributed by atoms with Gasteiger partial charge < -0.3 is 15.1 Å². The zero-order chi connectivity index (χ0) is 25.3. The van der Waals surface area contributed by atoms with Crippen molar-refractivity contribution in [1.82, 2.24) is 0 Å². The van der Waals surface area contributed by atoms with E-state index >= 15 is 0 Å². The molecule has 2 aliphatic rings. The molecule has 0 saturated heterocycles. The highest BCUT2D eigenvalue weighted by molar-refractivity contribution is 7.15. The first kappa shape index (κ1) is 26.6. The van der Waals surface area contributed by atoms with Crippen molar-refractivity contribution in [3.05, 3.63) is 15.8 Å². The Hall–Kier alpha value is -2.05. The number of carboxylic acid groups (broad SMARTS) is 1. The molecule has 0 aromatic carbocycles. The van der Waals surface area contributed by atoms with Crippen LogP contribution < -0.4 is 4.90 Å². The second-order valence-corrected chi connectivity index (χ2v) is 11.4. The smallest absolute Gasteiger partial charge is 0.391 e. The average Bonchev–Trinajstić information content (AvgIpc) is 3.17. The van der Waals surface area contributed by atoms with E-state index in [2.05, 4.69) is 11.8 Å². The summed E-state index contributed by atoms with van der Waals surface area (Å²) in [7, 11) is 0. The van der Waals surface area contributed by atoms with Crippen molar-refractivity contribution in [1.29, 1.82) is 0 Å². The number of thiophene rings is 1. The number of carbonyl (C=O) groups excluding carboxylic acids is 1. The molecule has 188 valence electrons. The van der Waals surface area contributed by atoms with E-state index in [-0.39, 0.29) is 53.6 Å². The van der Waals surface area contributed by atoms with E-state index in [1.54, 1.807) is 6.07 Å². The van der Waals surface area contributed by atoms with Gasteiger partial charge in [0.05, 0.1) is 22.6 Å². The molecule has 1 aromatic rings. The molecule has 0 spiro atoms. The second-order valence-electron chi connectivity index (χ2n) is 10.4. The van der Waals surface area contributed by atoms with Crippen LogP contribution in [0.25, 0.3) is 0 Å². The largest absolute Gasteiger partial charge is 0.477 e. The van der Waals surface area contributed by atoms with E-state index in [9.17, 15) is 33.0 Å². The quantitative estimate of drug-likeness (QED) is 0.510. The number of carbonyl (C=O) groups is 2. The van der Waals surface area contributed by atoms with Crippen molar-refractivity contribution in [3.8, 4) is 11.8 Å². The van der Waals surface area contributed by atoms with Crippen LogP contribution in [0.15, 0.2) is 6.07 Å². The number of hydrogen-bond donors (Lipinski definition) is 2. The number of aromatic carboxylic acids is 1. The van der Waals surface area contributed by atoms with Crippen molar-refractivity contribution in [2.24, 2.45) is 17.3 Å². The van der Waals surface area contributed by atoms with Crippen molar-refractivity contribution in [2.45, 2.75) is 90.5 Å². The van der Waals surface area contributed by atoms with Gasteiger partial charge in [0.1, 0.15) is 4.88 Å². The van der Waals surface area contributed by atoms with Crippen molar-refractivity contribution in [3.63, 3.8) is 0 Å². The molecule has 0 bridgehead atoms. The molecule has 3 rings (SSSR count). The summed E-state index contributed by atoms with van der Waals surface area (Å²) in [6, 6.07) is 1.31. The Labute approximate surface area is 202 Å². The number of carboxylic acids is 1. The number of anilines is 1. The van der Waals surface area contributed by atoms with E-state index in [0.29, 0.717) is 30.6 Å². The van der Waals surface area contributed by atoms with Crippen molar-refractivity contribution >= 4 is 28.9 Å². The molecule has 2 fully saturated rings. The lowest BCUT2D eigenvalue weighted by molar-refractivity contribution is -0.184. The third-order valence-electron chi connectivity index (χ3n) is 6.54. The molecular formula is C25H32F3NO4S. The van der Waals surface area contributed by atoms with E-state index in [4.69, 9.17) is 0 Å². The number of aliphatic hydroxyl groups is 1. The number of nitrogens with zero attached hydrogens (tertiary/aromatic N) is 1. The maximum Gasteiger partial charge on any atom is 0.391 e. The topological polar surface area (TPSA) is 77.8 Å². The fourth-order valence-electron chi connectivity index (χ4n) is 4.70. The Kier molecular flexibility index (Phi) is 8.03. The third kappa shape index (κ3) is 6.54. The molecule has 5 nitrogen and oxygen atoms in total. The summed E-state index contributed by atoms with van der Waals surface area (Å²) in [5.74, 6) is 2.61.